The molecule has 0 aromatic heterocycles. The van der Waals surface area contributed by atoms with Gasteiger partial charge in [0.15, 0.2) is 0 Å². The lowest BCUT2D eigenvalue weighted by Crippen LogP contribution is -2.26. The molecule has 4 nitrogen and oxygen atoms in total. The van der Waals surface area contributed by atoms with Crippen molar-refractivity contribution in [2.75, 3.05) is 13.1 Å². The summed E-state index contributed by atoms with van der Waals surface area (Å²) in [4.78, 5) is 22.0. The Hall–Kier alpha value is -1.68. The van der Waals surface area contributed by atoms with E-state index in [2.05, 4.69) is 5.32 Å². The fourth-order valence-corrected chi connectivity index (χ4v) is 2.21. The van der Waals surface area contributed by atoms with Gasteiger partial charge in [-0.3, -0.25) is 4.79 Å². The maximum absolute atomic E-state index is 11.4. The van der Waals surface area contributed by atoms with E-state index in [1.165, 1.54) is 0 Å². The molecule has 0 aliphatic carbocycles. The Bertz CT molecular complexity index is 436. The average molecular weight is 233 g/mol. The highest BCUT2D eigenvalue weighted by Gasteiger charge is 2.18. The number of carbonyl (C=O) groups is 2. The summed E-state index contributed by atoms with van der Waals surface area (Å²) in [6.07, 6.45) is 2.06. The zero-order chi connectivity index (χ0) is 12.3. The van der Waals surface area contributed by atoms with Crippen LogP contribution in [0.15, 0.2) is 24.3 Å². The molecule has 1 saturated heterocycles. The van der Waals surface area contributed by atoms with E-state index in [0.29, 0.717) is 5.92 Å². The van der Waals surface area contributed by atoms with E-state index in [1.54, 1.807) is 18.2 Å². The molecule has 1 aliphatic rings. The predicted molar refractivity (Wildman–Crippen MR) is 63.3 cm³/mol. The normalized spacial score (nSPS) is 16.7. The van der Waals surface area contributed by atoms with Crippen molar-refractivity contribution in [2.24, 2.45) is 0 Å². The van der Waals surface area contributed by atoms with E-state index in [0.717, 1.165) is 31.5 Å². The summed E-state index contributed by atoms with van der Waals surface area (Å²) >= 11 is 0. The van der Waals surface area contributed by atoms with E-state index in [-0.39, 0.29) is 5.56 Å². The third-order valence-corrected chi connectivity index (χ3v) is 3.15. The molecule has 0 radical (unpaired) electrons. The van der Waals surface area contributed by atoms with E-state index in [4.69, 9.17) is 5.11 Å². The standard InChI is InChI=1S/C13H15NO3/c15-12(13(16)17)11-3-1-2-10(8-11)9-4-6-14-7-5-9/h1-3,8-9,14H,4-7H2,(H,16,17). The van der Waals surface area contributed by atoms with Gasteiger partial charge in [0.2, 0.25) is 0 Å². The van der Waals surface area contributed by atoms with Gasteiger partial charge in [-0.15, -0.1) is 0 Å². The van der Waals surface area contributed by atoms with Crippen molar-refractivity contribution >= 4 is 11.8 Å². The number of rotatable bonds is 3. The van der Waals surface area contributed by atoms with Gasteiger partial charge in [-0.05, 0) is 43.5 Å². The first-order valence-corrected chi connectivity index (χ1v) is 5.77. The largest absolute Gasteiger partial charge is 0.475 e. The van der Waals surface area contributed by atoms with Gasteiger partial charge < -0.3 is 10.4 Å². The van der Waals surface area contributed by atoms with Crippen LogP contribution in [0.3, 0.4) is 0 Å². The van der Waals surface area contributed by atoms with Crippen molar-refractivity contribution in [3.8, 4) is 0 Å². The van der Waals surface area contributed by atoms with Crippen molar-refractivity contribution in [1.29, 1.82) is 0 Å². The number of aliphatic carboxylic acids is 1. The molecular formula is C13H15NO3. The molecule has 2 N–H and O–H groups in total. The van der Waals surface area contributed by atoms with Gasteiger partial charge in [-0.25, -0.2) is 4.79 Å². The highest BCUT2D eigenvalue weighted by atomic mass is 16.4. The maximum Gasteiger partial charge on any atom is 0.377 e. The van der Waals surface area contributed by atoms with Crippen LogP contribution in [0.25, 0.3) is 0 Å². The SMILES string of the molecule is O=C(O)C(=O)c1cccc(C2CCNCC2)c1. The maximum atomic E-state index is 11.4. The van der Waals surface area contributed by atoms with Gasteiger partial charge in [0.1, 0.15) is 0 Å². The monoisotopic (exact) mass is 233 g/mol. The molecule has 17 heavy (non-hydrogen) atoms. The summed E-state index contributed by atoms with van der Waals surface area (Å²) < 4.78 is 0. The minimum absolute atomic E-state index is 0.272. The lowest BCUT2D eigenvalue weighted by Gasteiger charge is -2.23. The third-order valence-electron chi connectivity index (χ3n) is 3.15. The summed E-state index contributed by atoms with van der Waals surface area (Å²) in [5.74, 6) is -1.80. The Kier molecular flexibility index (Phi) is 3.54. The van der Waals surface area contributed by atoms with E-state index < -0.39 is 11.8 Å². The summed E-state index contributed by atoms with van der Waals surface area (Å²) in [5, 5.41) is 12.0. The number of hydrogen-bond donors (Lipinski definition) is 2. The number of benzene rings is 1. The lowest BCUT2D eigenvalue weighted by molar-refractivity contribution is -0.131. The number of carbonyl (C=O) groups excluding carboxylic acids is 1. The van der Waals surface area contributed by atoms with Gasteiger partial charge in [0.25, 0.3) is 5.78 Å². The van der Waals surface area contributed by atoms with Crippen LogP contribution in [-0.4, -0.2) is 29.9 Å². The molecule has 1 aliphatic heterocycles. The van der Waals surface area contributed by atoms with Crippen LogP contribution < -0.4 is 5.32 Å². The zero-order valence-corrected chi connectivity index (χ0v) is 9.48. The van der Waals surface area contributed by atoms with E-state index >= 15 is 0 Å². The third kappa shape index (κ3) is 2.71. The molecule has 2 rings (SSSR count). The van der Waals surface area contributed by atoms with Gasteiger partial charge in [-0.2, -0.15) is 0 Å². The van der Waals surface area contributed by atoms with Crippen molar-refractivity contribution < 1.29 is 14.7 Å². The molecule has 90 valence electrons. The number of carboxylic acid groups (broad SMARTS) is 1. The first kappa shape index (κ1) is 11.8. The Labute approximate surface area is 99.6 Å². The van der Waals surface area contributed by atoms with Gasteiger partial charge in [0, 0.05) is 5.56 Å². The van der Waals surface area contributed by atoms with Gasteiger partial charge in [-0.1, -0.05) is 18.2 Å². The van der Waals surface area contributed by atoms with Crippen LogP contribution in [0.4, 0.5) is 0 Å². The summed E-state index contributed by atoms with van der Waals surface area (Å²) in [6, 6.07) is 7.00. The zero-order valence-electron chi connectivity index (χ0n) is 9.48. The first-order chi connectivity index (χ1) is 8.18. The van der Waals surface area contributed by atoms with Crippen LogP contribution in [0, 0.1) is 0 Å². The quantitative estimate of drug-likeness (QED) is 0.612. The number of hydrogen-bond acceptors (Lipinski definition) is 3. The summed E-state index contributed by atoms with van der Waals surface area (Å²) in [7, 11) is 0. The molecule has 1 heterocycles. The van der Waals surface area contributed by atoms with Gasteiger partial charge in [0.05, 0.1) is 0 Å². The fourth-order valence-electron chi connectivity index (χ4n) is 2.21. The average Bonchev–Trinajstić information content (AvgIpc) is 2.39. The number of Topliss-reactive ketones (excluding diaryl/α,β-unsaturated/α-hetero) is 1. The predicted octanol–water partition coefficient (Wildman–Crippen LogP) is 1.42. The summed E-state index contributed by atoms with van der Waals surface area (Å²) in [5.41, 5.74) is 1.34. The van der Waals surface area contributed by atoms with E-state index in [1.807, 2.05) is 6.07 Å². The van der Waals surface area contributed by atoms with Crippen LogP contribution in [-0.2, 0) is 4.79 Å². The molecule has 4 heteroatoms. The Morgan fingerprint density at radius 2 is 1.94 bits per heavy atom. The molecule has 0 spiro atoms. The van der Waals surface area contributed by atoms with Crippen LogP contribution in [0.1, 0.15) is 34.7 Å². The smallest absolute Gasteiger partial charge is 0.377 e. The molecule has 0 unspecified atom stereocenters. The second-order valence-corrected chi connectivity index (χ2v) is 4.28. The molecule has 1 fully saturated rings. The second-order valence-electron chi connectivity index (χ2n) is 4.28. The molecular weight excluding hydrogens is 218 g/mol. The highest BCUT2D eigenvalue weighted by molar-refractivity contribution is 6.39. The number of ketones is 1. The van der Waals surface area contributed by atoms with Crippen molar-refractivity contribution in [3.05, 3.63) is 35.4 Å². The van der Waals surface area contributed by atoms with Gasteiger partial charge >= 0.3 is 5.97 Å². The molecule has 0 saturated carbocycles. The lowest BCUT2D eigenvalue weighted by atomic mass is 9.89. The minimum Gasteiger partial charge on any atom is -0.475 e. The minimum atomic E-state index is -1.40. The van der Waals surface area contributed by atoms with Crippen molar-refractivity contribution in [2.45, 2.75) is 18.8 Å². The Balaban J connectivity index is 2.21. The molecule has 1 aromatic carbocycles. The van der Waals surface area contributed by atoms with Crippen molar-refractivity contribution in [3.63, 3.8) is 0 Å². The number of piperidine rings is 1. The molecule has 0 atom stereocenters. The second kappa shape index (κ2) is 5.10. The molecule has 1 aromatic rings. The Morgan fingerprint density at radius 3 is 2.59 bits per heavy atom. The topological polar surface area (TPSA) is 66.4 Å². The first-order valence-electron chi connectivity index (χ1n) is 5.77. The number of carboxylic acids is 1. The Morgan fingerprint density at radius 1 is 1.24 bits per heavy atom. The highest BCUT2D eigenvalue weighted by Crippen LogP contribution is 2.25. The summed E-state index contributed by atoms with van der Waals surface area (Å²) in [6.45, 7) is 1.95. The fraction of sp³-hybridized carbons (Fsp3) is 0.385. The van der Waals surface area contributed by atoms with Crippen molar-refractivity contribution in [1.82, 2.24) is 5.32 Å². The van der Waals surface area contributed by atoms with Crippen LogP contribution >= 0.6 is 0 Å². The van der Waals surface area contributed by atoms with Crippen LogP contribution in [0.2, 0.25) is 0 Å². The van der Waals surface area contributed by atoms with Crippen LogP contribution in [0.5, 0.6) is 0 Å². The number of nitrogens with one attached hydrogen (secondary N) is 1. The molecule has 0 bridgehead atoms. The van der Waals surface area contributed by atoms with E-state index in [9.17, 15) is 9.59 Å². The molecule has 0 amide bonds.